The van der Waals surface area contributed by atoms with Crippen molar-refractivity contribution in [3.63, 3.8) is 0 Å². The molecule has 8 nitrogen and oxygen atoms in total. The second-order valence-corrected chi connectivity index (χ2v) is 5.57. The van der Waals surface area contributed by atoms with Crippen LogP contribution in [0, 0.1) is 10.1 Å². The van der Waals surface area contributed by atoms with Crippen LogP contribution < -0.4 is 10.1 Å². The van der Waals surface area contributed by atoms with Crippen molar-refractivity contribution in [1.82, 2.24) is 4.90 Å². The Morgan fingerprint density at radius 2 is 2.13 bits per heavy atom. The summed E-state index contributed by atoms with van der Waals surface area (Å²) >= 11 is 0. The van der Waals surface area contributed by atoms with Gasteiger partial charge in [-0.25, -0.2) is 0 Å². The van der Waals surface area contributed by atoms with Crippen LogP contribution >= 0.6 is 0 Å². The van der Waals surface area contributed by atoms with Crippen molar-refractivity contribution in [2.45, 2.75) is 31.9 Å². The Morgan fingerprint density at radius 3 is 2.70 bits per heavy atom. The third-order valence-electron chi connectivity index (χ3n) is 4.08. The van der Waals surface area contributed by atoms with Crippen molar-refractivity contribution in [1.29, 1.82) is 0 Å². The maximum Gasteiger partial charge on any atom is 0.271 e. The van der Waals surface area contributed by atoms with Gasteiger partial charge >= 0.3 is 0 Å². The number of rotatable bonds is 5. The first-order valence-electron chi connectivity index (χ1n) is 7.47. The molecule has 2 N–H and O–H groups in total. The van der Waals surface area contributed by atoms with Crippen molar-refractivity contribution in [2.75, 3.05) is 25.5 Å². The van der Waals surface area contributed by atoms with Gasteiger partial charge in [0.25, 0.3) is 5.69 Å². The van der Waals surface area contributed by atoms with Crippen LogP contribution in [-0.4, -0.2) is 53.2 Å². The minimum atomic E-state index is -0.523. The molecule has 8 heteroatoms. The van der Waals surface area contributed by atoms with Crippen LogP contribution in [-0.2, 0) is 4.79 Å². The molecule has 0 aromatic heterocycles. The summed E-state index contributed by atoms with van der Waals surface area (Å²) < 4.78 is 5.14. The van der Waals surface area contributed by atoms with Crippen molar-refractivity contribution in [3.8, 4) is 5.75 Å². The largest absolute Gasteiger partial charge is 0.495 e. The molecule has 1 fully saturated rings. The summed E-state index contributed by atoms with van der Waals surface area (Å²) in [6, 6.07) is 3.66. The second kappa shape index (κ2) is 7.38. The maximum atomic E-state index is 12.4. The predicted molar refractivity (Wildman–Crippen MR) is 84.6 cm³/mol. The Labute approximate surface area is 134 Å². The van der Waals surface area contributed by atoms with E-state index in [2.05, 4.69) is 5.32 Å². The Balaban J connectivity index is 2.09. The van der Waals surface area contributed by atoms with E-state index >= 15 is 0 Å². The van der Waals surface area contributed by atoms with Gasteiger partial charge in [-0.15, -0.1) is 0 Å². The lowest BCUT2D eigenvalue weighted by Crippen LogP contribution is -2.47. The molecule has 1 atom stereocenters. The number of nitrogens with one attached hydrogen (secondary N) is 1. The number of hydrogen-bond acceptors (Lipinski definition) is 6. The number of piperidine rings is 1. The van der Waals surface area contributed by atoms with Gasteiger partial charge in [-0.1, -0.05) is 0 Å². The van der Waals surface area contributed by atoms with Gasteiger partial charge < -0.3 is 15.2 Å². The summed E-state index contributed by atoms with van der Waals surface area (Å²) in [6.07, 6.45) is 0.966. The van der Waals surface area contributed by atoms with Crippen molar-refractivity contribution in [3.05, 3.63) is 28.3 Å². The number of benzene rings is 1. The second-order valence-electron chi connectivity index (χ2n) is 5.57. The fraction of sp³-hybridized carbons (Fsp3) is 0.533. The molecule has 1 amide bonds. The number of nitrogens with zero attached hydrogens (tertiary/aromatic N) is 2. The molecule has 1 aromatic carbocycles. The van der Waals surface area contributed by atoms with E-state index in [0.717, 1.165) is 0 Å². The quantitative estimate of drug-likeness (QED) is 0.626. The molecule has 0 radical (unpaired) electrons. The van der Waals surface area contributed by atoms with Crippen LogP contribution in [0.3, 0.4) is 0 Å². The topological polar surface area (TPSA) is 105 Å². The molecule has 23 heavy (non-hydrogen) atoms. The van der Waals surface area contributed by atoms with Crippen LogP contribution in [0.15, 0.2) is 18.2 Å². The van der Waals surface area contributed by atoms with E-state index < -0.39 is 11.0 Å². The van der Waals surface area contributed by atoms with Gasteiger partial charge in [-0.05, 0) is 25.8 Å². The molecular weight excluding hydrogens is 302 g/mol. The number of aliphatic hydroxyl groups excluding tert-OH is 1. The number of aliphatic hydroxyl groups is 1. The van der Waals surface area contributed by atoms with Crippen molar-refractivity contribution >= 4 is 17.3 Å². The first kappa shape index (κ1) is 17.2. The molecular formula is C15H21N3O5. The fourth-order valence-corrected chi connectivity index (χ4v) is 2.58. The SMILES string of the molecule is COc1ccc([N+](=O)[O-])cc1NC(=O)C(C)N1CCC(O)CC1. The number of carbonyl (C=O) groups excluding carboxylic acids is 1. The van der Waals surface area contributed by atoms with Gasteiger partial charge in [0.1, 0.15) is 5.75 Å². The third-order valence-corrected chi connectivity index (χ3v) is 4.08. The number of methoxy groups -OCH3 is 1. The minimum Gasteiger partial charge on any atom is -0.495 e. The summed E-state index contributed by atoms with van der Waals surface area (Å²) in [6.45, 7) is 3.06. The normalized spacial score (nSPS) is 17.5. The lowest BCUT2D eigenvalue weighted by molar-refractivity contribution is -0.384. The zero-order valence-electron chi connectivity index (χ0n) is 13.2. The lowest BCUT2D eigenvalue weighted by Gasteiger charge is -2.33. The van der Waals surface area contributed by atoms with Gasteiger partial charge in [0.2, 0.25) is 5.91 Å². The van der Waals surface area contributed by atoms with E-state index in [1.807, 2.05) is 4.90 Å². The number of anilines is 1. The van der Waals surface area contributed by atoms with Crippen molar-refractivity contribution in [2.24, 2.45) is 0 Å². The summed E-state index contributed by atoms with van der Waals surface area (Å²) in [5.41, 5.74) is 0.158. The highest BCUT2D eigenvalue weighted by atomic mass is 16.6. The highest BCUT2D eigenvalue weighted by Crippen LogP contribution is 2.29. The van der Waals surface area contributed by atoms with E-state index in [9.17, 15) is 20.0 Å². The Hall–Kier alpha value is -2.19. The molecule has 0 spiro atoms. The van der Waals surface area contributed by atoms with Crippen molar-refractivity contribution < 1.29 is 19.6 Å². The zero-order chi connectivity index (χ0) is 17.0. The average molecular weight is 323 g/mol. The highest BCUT2D eigenvalue weighted by Gasteiger charge is 2.26. The number of non-ortho nitro benzene ring substituents is 1. The number of hydrogen-bond donors (Lipinski definition) is 2. The number of carbonyl (C=O) groups is 1. The molecule has 1 unspecified atom stereocenters. The Morgan fingerprint density at radius 1 is 1.48 bits per heavy atom. The van der Waals surface area contributed by atoms with Gasteiger partial charge in [-0.3, -0.25) is 19.8 Å². The van der Waals surface area contributed by atoms with E-state index in [1.54, 1.807) is 6.92 Å². The van der Waals surface area contributed by atoms with Crippen LogP contribution in [0.4, 0.5) is 11.4 Å². The van der Waals surface area contributed by atoms with Crippen LogP contribution in [0.2, 0.25) is 0 Å². The average Bonchev–Trinajstić information content (AvgIpc) is 2.54. The van der Waals surface area contributed by atoms with Crippen LogP contribution in [0.5, 0.6) is 5.75 Å². The first-order chi connectivity index (χ1) is 10.9. The summed E-state index contributed by atoms with van der Waals surface area (Å²) in [5.74, 6) is 0.102. The van der Waals surface area contributed by atoms with Gasteiger partial charge in [-0.2, -0.15) is 0 Å². The summed E-state index contributed by atoms with van der Waals surface area (Å²) in [5, 5.41) is 23.1. The molecule has 1 aromatic rings. The molecule has 1 saturated heterocycles. The zero-order valence-corrected chi connectivity index (χ0v) is 13.2. The van der Waals surface area contributed by atoms with E-state index in [1.165, 1.54) is 25.3 Å². The van der Waals surface area contributed by atoms with Crippen LogP contribution in [0.1, 0.15) is 19.8 Å². The monoisotopic (exact) mass is 323 g/mol. The molecule has 1 heterocycles. The summed E-state index contributed by atoms with van der Waals surface area (Å²) in [4.78, 5) is 24.7. The minimum absolute atomic E-state index is 0.116. The maximum absolute atomic E-state index is 12.4. The van der Waals surface area contributed by atoms with Gasteiger partial charge in [0.15, 0.2) is 0 Å². The first-order valence-corrected chi connectivity index (χ1v) is 7.47. The Kier molecular flexibility index (Phi) is 5.51. The van der Waals surface area contributed by atoms with Crippen LogP contribution in [0.25, 0.3) is 0 Å². The van der Waals surface area contributed by atoms with E-state index in [-0.39, 0.29) is 23.4 Å². The number of likely N-dealkylation sites (tertiary alicyclic amines) is 1. The molecule has 0 saturated carbocycles. The smallest absolute Gasteiger partial charge is 0.271 e. The molecule has 2 rings (SSSR count). The number of amides is 1. The Bertz CT molecular complexity index is 584. The third kappa shape index (κ3) is 4.17. The number of nitro benzene ring substituents is 1. The van der Waals surface area contributed by atoms with E-state index in [0.29, 0.717) is 31.7 Å². The predicted octanol–water partition coefficient (Wildman–Crippen LogP) is 1.39. The molecule has 0 aliphatic carbocycles. The summed E-state index contributed by atoms with van der Waals surface area (Å²) in [7, 11) is 1.44. The van der Waals surface area contributed by atoms with Gasteiger partial charge in [0, 0.05) is 25.2 Å². The molecule has 0 bridgehead atoms. The van der Waals surface area contributed by atoms with Gasteiger partial charge in [0.05, 0.1) is 29.9 Å². The molecule has 1 aliphatic heterocycles. The van der Waals surface area contributed by atoms with E-state index in [4.69, 9.17) is 4.74 Å². The molecule has 1 aliphatic rings. The number of nitro groups is 1. The fourth-order valence-electron chi connectivity index (χ4n) is 2.58. The molecule has 126 valence electrons. The number of ether oxygens (including phenoxy) is 1. The lowest BCUT2D eigenvalue weighted by atomic mass is 10.1. The highest BCUT2D eigenvalue weighted by molar-refractivity contribution is 5.96. The standard InChI is InChI=1S/C15H21N3O5/c1-10(17-7-5-12(19)6-8-17)15(20)16-13-9-11(18(21)22)3-4-14(13)23-2/h3-4,9-10,12,19H,5-8H2,1-2H3,(H,16,20).